The number of carbonyl (C=O) groups excluding carboxylic acids is 1. The van der Waals surface area contributed by atoms with Crippen molar-refractivity contribution in [3.05, 3.63) is 23.6 Å². The Morgan fingerprint density at radius 1 is 1.67 bits per heavy atom. The molecule has 96 valence electrons. The summed E-state index contributed by atoms with van der Waals surface area (Å²) in [5, 5.41) is 11.4. The van der Waals surface area contributed by atoms with Gasteiger partial charge in [0.05, 0.1) is 24.3 Å². The van der Waals surface area contributed by atoms with E-state index in [1.807, 2.05) is 13.0 Å². The Kier molecular flexibility index (Phi) is 5.06. The number of rotatable bonds is 5. The fraction of sp³-hybridized carbons (Fsp3) is 0.417. The molecule has 1 aromatic rings. The average Bonchev–Trinajstić information content (AvgIpc) is 2.37. The lowest BCUT2D eigenvalue weighted by Crippen LogP contribution is -2.28. The summed E-state index contributed by atoms with van der Waals surface area (Å²) in [4.78, 5) is 17.3. The first kappa shape index (κ1) is 13.9. The molecule has 1 amide bonds. The molecule has 0 radical (unpaired) electrons. The lowest BCUT2D eigenvalue weighted by atomic mass is 10.2. The first-order valence-electron chi connectivity index (χ1n) is 5.62. The maximum absolute atomic E-state index is 13.1. The van der Waals surface area contributed by atoms with Gasteiger partial charge < -0.3 is 10.2 Å². The van der Waals surface area contributed by atoms with E-state index in [1.165, 1.54) is 4.90 Å². The van der Waals surface area contributed by atoms with Gasteiger partial charge in [-0.05, 0) is 13.0 Å². The van der Waals surface area contributed by atoms with Crippen LogP contribution < -0.4 is 5.32 Å². The highest BCUT2D eigenvalue weighted by atomic mass is 19.1. The summed E-state index contributed by atoms with van der Waals surface area (Å²) in [7, 11) is 1.57. The van der Waals surface area contributed by atoms with Crippen molar-refractivity contribution in [1.82, 2.24) is 9.88 Å². The molecule has 0 spiro atoms. The zero-order valence-corrected chi connectivity index (χ0v) is 10.4. The van der Waals surface area contributed by atoms with Crippen molar-refractivity contribution >= 4 is 11.7 Å². The van der Waals surface area contributed by atoms with Crippen molar-refractivity contribution in [2.45, 2.75) is 13.3 Å². The molecule has 0 aliphatic carbocycles. The molecule has 0 unspecified atom stereocenters. The number of halogens is 1. The SMILES string of the molecule is CCNc1ncc(F)cc1C(=O)N(C)CCC#N. The molecule has 0 aliphatic heterocycles. The fourth-order valence-corrected chi connectivity index (χ4v) is 1.44. The summed E-state index contributed by atoms with van der Waals surface area (Å²) in [6.45, 7) is 2.75. The van der Waals surface area contributed by atoms with Crippen LogP contribution in [-0.2, 0) is 0 Å². The Labute approximate surface area is 105 Å². The Morgan fingerprint density at radius 3 is 3.00 bits per heavy atom. The van der Waals surface area contributed by atoms with Gasteiger partial charge in [0.25, 0.3) is 5.91 Å². The lowest BCUT2D eigenvalue weighted by molar-refractivity contribution is 0.0798. The van der Waals surface area contributed by atoms with Crippen LogP contribution in [0.5, 0.6) is 0 Å². The van der Waals surface area contributed by atoms with Crippen LogP contribution in [-0.4, -0.2) is 35.9 Å². The first-order valence-corrected chi connectivity index (χ1v) is 5.62. The third-order valence-electron chi connectivity index (χ3n) is 2.33. The second-order valence-corrected chi connectivity index (χ2v) is 3.71. The second kappa shape index (κ2) is 6.55. The summed E-state index contributed by atoms with van der Waals surface area (Å²) in [6.07, 6.45) is 1.30. The van der Waals surface area contributed by atoms with Gasteiger partial charge >= 0.3 is 0 Å². The molecule has 0 aliphatic rings. The number of nitrogens with zero attached hydrogens (tertiary/aromatic N) is 3. The van der Waals surface area contributed by atoms with Gasteiger partial charge in [-0.1, -0.05) is 0 Å². The Balaban J connectivity index is 2.96. The van der Waals surface area contributed by atoms with E-state index < -0.39 is 5.82 Å². The quantitative estimate of drug-likeness (QED) is 0.862. The van der Waals surface area contributed by atoms with Crippen LogP contribution in [0.2, 0.25) is 0 Å². The Hall–Kier alpha value is -2.16. The van der Waals surface area contributed by atoms with Crippen molar-refractivity contribution in [2.75, 3.05) is 25.5 Å². The van der Waals surface area contributed by atoms with Crippen LogP contribution >= 0.6 is 0 Å². The largest absolute Gasteiger partial charge is 0.370 e. The normalized spacial score (nSPS) is 9.67. The molecule has 1 rings (SSSR count). The van der Waals surface area contributed by atoms with Gasteiger partial charge in [0.15, 0.2) is 0 Å². The Bertz CT molecular complexity index is 470. The topological polar surface area (TPSA) is 69.0 Å². The smallest absolute Gasteiger partial charge is 0.257 e. The van der Waals surface area contributed by atoms with Crippen LogP contribution in [0.3, 0.4) is 0 Å². The van der Waals surface area contributed by atoms with E-state index in [1.54, 1.807) is 7.05 Å². The molecule has 1 heterocycles. The van der Waals surface area contributed by atoms with E-state index in [9.17, 15) is 9.18 Å². The van der Waals surface area contributed by atoms with Gasteiger partial charge in [-0.2, -0.15) is 5.26 Å². The number of aromatic nitrogens is 1. The summed E-state index contributed by atoms with van der Waals surface area (Å²) >= 11 is 0. The van der Waals surface area contributed by atoms with Gasteiger partial charge in [-0.3, -0.25) is 4.79 Å². The predicted molar refractivity (Wildman–Crippen MR) is 65.5 cm³/mol. The van der Waals surface area contributed by atoms with E-state index in [0.29, 0.717) is 18.9 Å². The zero-order valence-electron chi connectivity index (χ0n) is 10.4. The van der Waals surface area contributed by atoms with Crippen molar-refractivity contribution in [3.8, 4) is 6.07 Å². The summed E-state index contributed by atoms with van der Waals surface area (Å²) < 4.78 is 13.1. The van der Waals surface area contributed by atoms with E-state index >= 15 is 0 Å². The third kappa shape index (κ3) is 3.42. The molecular formula is C12H15FN4O. The maximum atomic E-state index is 13.1. The van der Waals surface area contributed by atoms with E-state index in [4.69, 9.17) is 5.26 Å². The minimum absolute atomic E-state index is 0.178. The fourth-order valence-electron chi connectivity index (χ4n) is 1.44. The minimum Gasteiger partial charge on any atom is -0.370 e. The molecular weight excluding hydrogens is 235 g/mol. The molecule has 1 aromatic heterocycles. The molecule has 0 fully saturated rings. The van der Waals surface area contributed by atoms with Gasteiger partial charge in [0.2, 0.25) is 0 Å². The summed E-state index contributed by atoms with van der Waals surface area (Å²) in [5.41, 5.74) is 0.178. The maximum Gasteiger partial charge on any atom is 0.257 e. The molecule has 0 bridgehead atoms. The van der Waals surface area contributed by atoms with E-state index in [0.717, 1.165) is 12.3 Å². The van der Waals surface area contributed by atoms with Crippen molar-refractivity contribution in [3.63, 3.8) is 0 Å². The van der Waals surface area contributed by atoms with E-state index in [-0.39, 0.29) is 17.9 Å². The first-order chi connectivity index (χ1) is 8.60. The van der Waals surface area contributed by atoms with Gasteiger partial charge in [0, 0.05) is 20.1 Å². The van der Waals surface area contributed by atoms with Crippen LogP contribution in [0.15, 0.2) is 12.3 Å². The monoisotopic (exact) mass is 250 g/mol. The number of hydrogen-bond donors (Lipinski definition) is 1. The van der Waals surface area contributed by atoms with Crippen molar-refractivity contribution in [2.24, 2.45) is 0 Å². The number of nitriles is 1. The molecule has 0 aromatic carbocycles. The molecule has 0 atom stereocenters. The van der Waals surface area contributed by atoms with Crippen molar-refractivity contribution < 1.29 is 9.18 Å². The second-order valence-electron chi connectivity index (χ2n) is 3.71. The highest BCUT2D eigenvalue weighted by molar-refractivity contribution is 5.98. The lowest BCUT2D eigenvalue weighted by Gasteiger charge is -2.17. The Morgan fingerprint density at radius 2 is 2.39 bits per heavy atom. The molecule has 18 heavy (non-hydrogen) atoms. The van der Waals surface area contributed by atoms with Gasteiger partial charge in [-0.15, -0.1) is 0 Å². The number of hydrogen-bond acceptors (Lipinski definition) is 4. The molecule has 1 N–H and O–H groups in total. The number of amides is 1. The van der Waals surface area contributed by atoms with E-state index in [2.05, 4.69) is 10.3 Å². The predicted octanol–water partition coefficient (Wildman–Crippen LogP) is 1.64. The van der Waals surface area contributed by atoms with Gasteiger partial charge in [0.1, 0.15) is 11.6 Å². The average molecular weight is 250 g/mol. The summed E-state index contributed by atoms with van der Waals surface area (Å²) in [5.74, 6) is -0.561. The number of carbonyl (C=O) groups is 1. The molecule has 0 saturated carbocycles. The summed E-state index contributed by atoms with van der Waals surface area (Å²) in [6, 6.07) is 3.11. The van der Waals surface area contributed by atoms with Crippen LogP contribution in [0.25, 0.3) is 0 Å². The number of nitrogens with one attached hydrogen (secondary N) is 1. The minimum atomic E-state index is -0.561. The highest BCUT2D eigenvalue weighted by Gasteiger charge is 2.17. The molecule has 6 heteroatoms. The van der Waals surface area contributed by atoms with Crippen LogP contribution in [0.4, 0.5) is 10.2 Å². The van der Waals surface area contributed by atoms with Crippen molar-refractivity contribution in [1.29, 1.82) is 5.26 Å². The number of anilines is 1. The van der Waals surface area contributed by atoms with Crippen LogP contribution in [0, 0.1) is 17.1 Å². The van der Waals surface area contributed by atoms with Crippen LogP contribution in [0.1, 0.15) is 23.7 Å². The zero-order chi connectivity index (χ0) is 13.5. The number of pyridine rings is 1. The van der Waals surface area contributed by atoms with Gasteiger partial charge in [-0.25, -0.2) is 9.37 Å². The standard InChI is InChI=1S/C12H15FN4O/c1-3-15-11-10(7-9(13)8-16-11)12(18)17(2)6-4-5-14/h7-8H,3-4,6H2,1-2H3,(H,15,16). The highest BCUT2D eigenvalue weighted by Crippen LogP contribution is 2.15. The molecule has 0 saturated heterocycles. The third-order valence-corrected chi connectivity index (χ3v) is 2.33. The molecule has 5 nitrogen and oxygen atoms in total.